The van der Waals surface area contributed by atoms with E-state index in [4.69, 9.17) is 9.84 Å². The van der Waals surface area contributed by atoms with Gasteiger partial charge < -0.3 is 20.5 Å². The van der Waals surface area contributed by atoms with Crippen molar-refractivity contribution in [1.82, 2.24) is 0 Å². The Labute approximate surface area is 156 Å². The van der Waals surface area contributed by atoms with Crippen LogP contribution in [0.4, 0.5) is 11.4 Å². The molecule has 0 spiro atoms. The van der Waals surface area contributed by atoms with Gasteiger partial charge in [-0.15, -0.1) is 0 Å². The molecule has 1 saturated heterocycles. The van der Waals surface area contributed by atoms with Crippen molar-refractivity contribution in [1.29, 1.82) is 0 Å². The normalized spacial score (nSPS) is 16.0. The zero-order valence-electron chi connectivity index (χ0n) is 14.8. The minimum absolute atomic E-state index is 0.0624. The predicted octanol–water partition coefficient (Wildman–Crippen LogP) is 3.06. The van der Waals surface area contributed by atoms with E-state index in [2.05, 4.69) is 10.6 Å². The number of carbonyl (C=O) groups excluding carboxylic acids is 2. The van der Waals surface area contributed by atoms with Crippen molar-refractivity contribution >= 4 is 29.2 Å². The lowest BCUT2D eigenvalue weighted by Crippen LogP contribution is -2.26. The largest absolute Gasteiger partial charge is 0.478 e. The first-order valence-corrected chi connectivity index (χ1v) is 8.61. The monoisotopic (exact) mass is 368 g/mol. The fourth-order valence-electron chi connectivity index (χ4n) is 2.89. The highest BCUT2D eigenvalue weighted by molar-refractivity contribution is 6.06. The van der Waals surface area contributed by atoms with Crippen molar-refractivity contribution in [3.63, 3.8) is 0 Å². The Bertz CT molecular complexity index is 870. The van der Waals surface area contributed by atoms with Gasteiger partial charge in [-0.25, -0.2) is 4.79 Å². The van der Waals surface area contributed by atoms with E-state index < -0.39 is 18.0 Å². The maximum atomic E-state index is 12.4. The van der Waals surface area contributed by atoms with Gasteiger partial charge in [0.2, 0.25) is 0 Å². The molecule has 140 valence electrons. The molecule has 1 aliphatic heterocycles. The first-order valence-electron chi connectivity index (χ1n) is 8.61. The van der Waals surface area contributed by atoms with Gasteiger partial charge in [0.25, 0.3) is 11.8 Å². The zero-order valence-corrected chi connectivity index (χ0v) is 14.8. The van der Waals surface area contributed by atoms with Crippen molar-refractivity contribution in [2.75, 3.05) is 17.2 Å². The van der Waals surface area contributed by atoms with E-state index >= 15 is 0 Å². The summed E-state index contributed by atoms with van der Waals surface area (Å²) in [6, 6.07) is 11.2. The quantitative estimate of drug-likeness (QED) is 0.752. The second-order valence-electron chi connectivity index (χ2n) is 6.42. The summed E-state index contributed by atoms with van der Waals surface area (Å²) in [5.74, 6) is -1.67. The zero-order chi connectivity index (χ0) is 19.4. The molecule has 1 fully saturated rings. The molecule has 0 aromatic heterocycles. The molecule has 1 unspecified atom stereocenters. The van der Waals surface area contributed by atoms with E-state index in [0.29, 0.717) is 23.5 Å². The van der Waals surface area contributed by atoms with E-state index in [1.54, 1.807) is 37.3 Å². The summed E-state index contributed by atoms with van der Waals surface area (Å²) in [5.41, 5.74) is 2.16. The molecule has 2 aromatic rings. The second kappa shape index (κ2) is 8.01. The summed E-state index contributed by atoms with van der Waals surface area (Å²) in [6.07, 6.45) is 1.19. The molecule has 0 radical (unpaired) electrons. The van der Waals surface area contributed by atoms with Crippen molar-refractivity contribution in [2.24, 2.45) is 0 Å². The maximum Gasteiger partial charge on any atom is 0.335 e. The molecule has 3 rings (SSSR count). The molecule has 0 bridgehead atoms. The maximum absolute atomic E-state index is 12.4. The molecule has 0 saturated carbocycles. The highest BCUT2D eigenvalue weighted by atomic mass is 16.5. The van der Waals surface area contributed by atoms with Gasteiger partial charge >= 0.3 is 5.97 Å². The number of anilines is 2. The van der Waals surface area contributed by atoms with Gasteiger partial charge in [-0.1, -0.05) is 0 Å². The Morgan fingerprint density at radius 3 is 2.22 bits per heavy atom. The SMILES string of the molecule is Cc1cc(C(=O)O)cc(C(=O)Nc2ccc(NC(=O)C3CCCO3)cc2)c1. The Morgan fingerprint density at radius 1 is 1.00 bits per heavy atom. The lowest BCUT2D eigenvalue weighted by atomic mass is 10.1. The smallest absolute Gasteiger partial charge is 0.335 e. The molecule has 7 heteroatoms. The van der Waals surface area contributed by atoms with E-state index in [1.165, 1.54) is 12.1 Å². The molecule has 2 aromatic carbocycles. The Hall–Kier alpha value is -3.19. The van der Waals surface area contributed by atoms with Gasteiger partial charge in [0.15, 0.2) is 0 Å². The topological polar surface area (TPSA) is 105 Å². The summed E-state index contributed by atoms with van der Waals surface area (Å²) < 4.78 is 5.34. The average molecular weight is 368 g/mol. The van der Waals surface area contributed by atoms with E-state index in [0.717, 1.165) is 12.8 Å². The van der Waals surface area contributed by atoms with Crippen LogP contribution in [-0.4, -0.2) is 35.6 Å². The summed E-state index contributed by atoms with van der Waals surface area (Å²) in [5, 5.41) is 14.6. The van der Waals surface area contributed by atoms with Crippen LogP contribution in [0, 0.1) is 6.92 Å². The van der Waals surface area contributed by atoms with Crippen molar-refractivity contribution < 1.29 is 24.2 Å². The van der Waals surface area contributed by atoms with Gasteiger partial charge in [0, 0.05) is 23.5 Å². The number of carboxylic acid groups (broad SMARTS) is 1. The summed E-state index contributed by atoms with van der Waals surface area (Å²) in [6.45, 7) is 2.33. The molecule has 7 nitrogen and oxygen atoms in total. The Balaban J connectivity index is 1.65. The first kappa shape index (κ1) is 18.6. The standard InChI is InChI=1S/C20H20N2O5/c1-12-9-13(11-14(10-12)20(25)26)18(23)21-15-4-6-16(7-5-15)22-19(24)17-3-2-8-27-17/h4-7,9-11,17H,2-3,8H2,1H3,(H,21,23)(H,22,24)(H,25,26). The molecule has 27 heavy (non-hydrogen) atoms. The number of aryl methyl sites for hydroxylation is 1. The third-order valence-electron chi connectivity index (χ3n) is 4.22. The van der Waals surface area contributed by atoms with Gasteiger partial charge in [-0.05, 0) is 67.8 Å². The third kappa shape index (κ3) is 4.71. The number of ether oxygens (including phenoxy) is 1. The highest BCUT2D eigenvalue weighted by Gasteiger charge is 2.23. The minimum Gasteiger partial charge on any atom is -0.478 e. The van der Waals surface area contributed by atoms with Crippen LogP contribution >= 0.6 is 0 Å². The van der Waals surface area contributed by atoms with Crippen molar-refractivity contribution in [2.45, 2.75) is 25.9 Å². The van der Waals surface area contributed by atoms with Crippen LogP contribution in [0.5, 0.6) is 0 Å². The lowest BCUT2D eigenvalue weighted by Gasteiger charge is -2.11. The van der Waals surface area contributed by atoms with Gasteiger partial charge in [0.1, 0.15) is 6.10 Å². The van der Waals surface area contributed by atoms with Crippen LogP contribution in [0.3, 0.4) is 0 Å². The number of rotatable bonds is 5. The minimum atomic E-state index is -1.08. The van der Waals surface area contributed by atoms with Gasteiger partial charge in [-0.3, -0.25) is 9.59 Å². The molecular weight excluding hydrogens is 348 g/mol. The van der Waals surface area contributed by atoms with E-state index in [1.807, 2.05) is 0 Å². The van der Waals surface area contributed by atoms with Gasteiger partial charge in [-0.2, -0.15) is 0 Å². The third-order valence-corrected chi connectivity index (χ3v) is 4.22. The molecule has 1 atom stereocenters. The molecular formula is C20H20N2O5. The fourth-order valence-corrected chi connectivity index (χ4v) is 2.89. The van der Waals surface area contributed by atoms with E-state index in [9.17, 15) is 14.4 Å². The first-order chi connectivity index (χ1) is 12.9. The Kier molecular flexibility index (Phi) is 5.52. The van der Waals surface area contributed by atoms with Crippen LogP contribution in [0.25, 0.3) is 0 Å². The predicted molar refractivity (Wildman–Crippen MR) is 100 cm³/mol. The number of hydrogen-bond donors (Lipinski definition) is 3. The van der Waals surface area contributed by atoms with Crippen molar-refractivity contribution in [3.05, 3.63) is 59.2 Å². The highest BCUT2D eigenvalue weighted by Crippen LogP contribution is 2.18. The average Bonchev–Trinajstić information content (AvgIpc) is 3.17. The number of nitrogens with one attached hydrogen (secondary N) is 2. The lowest BCUT2D eigenvalue weighted by molar-refractivity contribution is -0.124. The van der Waals surface area contributed by atoms with Crippen LogP contribution in [0.15, 0.2) is 42.5 Å². The number of aromatic carboxylic acids is 1. The van der Waals surface area contributed by atoms with Crippen LogP contribution in [-0.2, 0) is 9.53 Å². The van der Waals surface area contributed by atoms with Crippen molar-refractivity contribution in [3.8, 4) is 0 Å². The van der Waals surface area contributed by atoms with E-state index in [-0.39, 0.29) is 17.0 Å². The summed E-state index contributed by atoms with van der Waals surface area (Å²) in [4.78, 5) is 35.5. The number of carbonyl (C=O) groups is 3. The number of carboxylic acids is 1. The molecule has 1 aliphatic rings. The Morgan fingerprint density at radius 2 is 1.63 bits per heavy atom. The van der Waals surface area contributed by atoms with Crippen LogP contribution < -0.4 is 10.6 Å². The summed E-state index contributed by atoms with van der Waals surface area (Å²) >= 11 is 0. The number of hydrogen-bond acceptors (Lipinski definition) is 4. The molecule has 3 N–H and O–H groups in total. The number of amides is 2. The van der Waals surface area contributed by atoms with Gasteiger partial charge in [0.05, 0.1) is 5.56 Å². The van der Waals surface area contributed by atoms with Crippen LogP contribution in [0.1, 0.15) is 39.1 Å². The summed E-state index contributed by atoms with van der Waals surface area (Å²) in [7, 11) is 0. The molecule has 1 heterocycles. The molecule has 0 aliphatic carbocycles. The van der Waals surface area contributed by atoms with Crippen LogP contribution in [0.2, 0.25) is 0 Å². The number of benzene rings is 2. The fraction of sp³-hybridized carbons (Fsp3) is 0.250. The second-order valence-corrected chi connectivity index (χ2v) is 6.42. The molecule has 2 amide bonds.